The topological polar surface area (TPSA) is 18.5 Å². The summed E-state index contributed by atoms with van der Waals surface area (Å²) >= 11 is 0. The Hall–Kier alpha value is -0.120. The van der Waals surface area contributed by atoms with Crippen molar-refractivity contribution < 1.29 is 0 Å². The second-order valence-electron chi connectivity index (χ2n) is 6.57. The van der Waals surface area contributed by atoms with E-state index in [9.17, 15) is 0 Å². The molecule has 1 heterocycles. The highest BCUT2D eigenvalue weighted by atomic mass is 15.2. The minimum absolute atomic E-state index is 0.692. The van der Waals surface area contributed by atoms with Crippen LogP contribution >= 0.6 is 0 Å². The summed E-state index contributed by atoms with van der Waals surface area (Å²) in [4.78, 5) is 5.18. The highest BCUT2D eigenvalue weighted by molar-refractivity contribution is 4.80. The van der Waals surface area contributed by atoms with Gasteiger partial charge in [0.05, 0.1) is 0 Å². The van der Waals surface area contributed by atoms with Crippen LogP contribution in [0, 0.1) is 5.92 Å². The smallest absolute Gasteiger partial charge is 0.0119 e. The second kappa shape index (κ2) is 8.93. The van der Waals surface area contributed by atoms with Crippen LogP contribution in [0.5, 0.6) is 0 Å². The zero-order chi connectivity index (χ0) is 14.3. The Labute approximate surface area is 120 Å². The molecule has 1 unspecified atom stereocenters. The van der Waals surface area contributed by atoms with Gasteiger partial charge in [-0.25, -0.2) is 0 Å². The summed E-state index contributed by atoms with van der Waals surface area (Å²) in [6.07, 6.45) is 3.94. The fraction of sp³-hybridized carbons (Fsp3) is 1.00. The van der Waals surface area contributed by atoms with Crippen molar-refractivity contribution in [1.29, 1.82) is 0 Å². The number of nitrogens with one attached hydrogen (secondary N) is 1. The molecule has 1 atom stereocenters. The van der Waals surface area contributed by atoms with Crippen molar-refractivity contribution in [3.05, 3.63) is 0 Å². The number of piperidine rings is 1. The third kappa shape index (κ3) is 6.24. The lowest BCUT2D eigenvalue weighted by molar-refractivity contribution is 0.101. The van der Waals surface area contributed by atoms with E-state index in [2.05, 4.69) is 49.9 Å². The van der Waals surface area contributed by atoms with Gasteiger partial charge in [-0.3, -0.25) is 0 Å². The largest absolute Gasteiger partial charge is 0.316 e. The van der Waals surface area contributed by atoms with Crippen LogP contribution in [0.25, 0.3) is 0 Å². The van der Waals surface area contributed by atoms with Crippen molar-refractivity contribution in [2.24, 2.45) is 5.92 Å². The Bertz CT molecular complexity index is 222. The van der Waals surface area contributed by atoms with Gasteiger partial charge in [0.15, 0.2) is 0 Å². The molecule has 1 saturated heterocycles. The summed E-state index contributed by atoms with van der Waals surface area (Å²) in [6, 6.07) is 1.49. The van der Waals surface area contributed by atoms with Crippen LogP contribution in [-0.4, -0.2) is 61.7 Å². The first-order valence-electron chi connectivity index (χ1n) is 8.19. The molecule has 0 bridgehead atoms. The van der Waals surface area contributed by atoms with Crippen LogP contribution in [-0.2, 0) is 0 Å². The molecule has 0 aliphatic carbocycles. The molecule has 0 spiro atoms. The van der Waals surface area contributed by atoms with Gasteiger partial charge in [0.1, 0.15) is 0 Å². The van der Waals surface area contributed by atoms with Crippen molar-refractivity contribution in [2.75, 3.05) is 39.8 Å². The van der Waals surface area contributed by atoms with E-state index in [-0.39, 0.29) is 0 Å². The zero-order valence-corrected chi connectivity index (χ0v) is 13.8. The molecule has 0 aromatic heterocycles. The predicted octanol–water partition coefficient (Wildman–Crippen LogP) is 2.43. The fourth-order valence-corrected chi connectivity index (χ4v) is 2.91. The molecule has 0 aromatic carbocycles. The van der Waals surface area contributed by atoms with E-state index in [1.807, 2.05) is 0 Å². The second-order valence-corrected chi connectivity index (χ2v) is 6.57. The molecule has 0 amide bonds. The molecule has 1 rings (SSSR count). The van der Waals surface area contributed by atoms with Gasteiger partial charge < -0.3 is 15.1 Å². The van der Waals surface area contributed by atoms with Crippen molar-refractivity contribution in [3.8, 4) is 0 Å². The van der Waals surface area contributed by atoms with Gasteiger partial charge in [0, 0.05) is 12.1 Å². The number of rotatable bonds is 8. The van der Waals surface area contributed by atoms with Gasteiger partial charge in [0.2, 0.25) is 0 Å². The molecule has 0 saturated carbocycles. The minimum atomic E-state index is 0.692. The molecule has 19 heavy (non-hydrogen) atoms. The van der Waals surface area contributed by atoms with Crippen molar-refractivity contribution in [3.63, 3.8) is 0 Å². The van der Waals surface area contributed by atoms with Crippen LogP contribution in [0.2, 0.25) is 0 Å². The summed E-state index contributed by atoms with van der Waals surface area (Å²) in [7, 11) is 2.32. The molecule has 1 N–H and O–H groups in total. The van der Waals surface area contributed by atoms with Crippen LogP contribution in [0.4, 0.5) is 0 Å². The number of hydrogen-bond donors (Lipinski definition) is 1. The maximum atomic E-state index is 3.55. The Kier molecular flexibility index (Phi) is 7.96. The lowest BCUT2D eigenvalue weighted by Gasteiger charge is -2.39. The van der Waals surface area contributed by atoms with E-state index in [1.54, 1.807) is 0 Å². The maximum absolute atomic E-state index is 3.55. The van der Waals surface area contributed by atoms with Crippen LogP contribution < -0.4 is 5.32 Å². The number of hydrogen-bond acceptors (Lipinski definition) is 3. The maximum Gasteiger partial charge on any atom is 0.0119 e. The van der Waals surface area contributed by atoms with Gasteiger partial charge in [-0.05, 0) is 71.9 Å². The SMILES string of the molecule is CCN1CCC(N(C)C(C)CCNCC(C)C)CC1. The predicted molar refractivity (Wildman–Crippen MR) is 84.7 cm³/mol. The van der Waals surface area contributed by atoms with Gasteiger partial charge in [0.25, 0.3) is 0 Å². The molecule has 0 aromatic rings. The highest BCUT2D eigenvalue weighted by Gasteiger charge is 2.24. The first-order valence-corrected chi connectivity index (χ1v) is 8.19. The Morgan fingerprint density at radius 3 is 2.37 bits per heavy atom. The third-order valence-corrected chi connectivity index (χ3v) is 4.57. The lowest BCUT2D eigenvalue weighted by Crippen LogP contribution is -2.46. The van der Waals surface area contributed by atoms with Crippen LogP contribution in [0.15, 0.2) is 0 Å². The van der Waals surface area contributed by atoms with Gasteiger partial charge in [-0.1, -0.05) is 20.8 Å². The van der Waals surface area contributed by atoms with E-state index in [0.29, 0.717) is 6.04 Å². The van der Waals surface area contributed by atoms with E-state index in [4.69, 9.17) is 0 Å². The molecule has 3 heteroatoms. The molecule has 3 nitrogen and oxygen atoms in total. The quantitative estimate of drug-likeness (QED) is 0.683. The summed E-state index contributed by atoms with van der Waals surface area (Å²) < 4.78 is 0. The lowest BCUT2D eigenvalue weighted by atomic mass is 10.0. The molecule has 1 fully saturated rings. The molecule has 114 valence electrons. The summed E-state index contributed by atoms with van der Waals surface area (Å²) in [6.45, 7) is 15.3. The van der Waals surface area contributed by atoms with Crippen molar-refractivity contribution in [2.45, 2.75) is 59.0 Å². The fourth-order valence-electron chi connectivity index (χ4n) is 2.91. The molecule has 1 aliphatic heterocycles. The van der Waals surface area contributed by atoms with Crippen LogP contribution in [0.1, 0.15) is 47.0 Å². The summed E-state index contributed by atoms with van der Waals surface area (Å²) in [5.74, 6) is 0.756. The number of nitrogens with zero attached hydrogens (tertiary/aromatic N) is 2. The Morgan fingerprint density at radius 1 is 1.21 bits per heavy atom. The minimum Gasteiger partial charge on any atom is -0.316 e. The zero-order valence-electron chi connectivity index (χ0n) is 13.8. The van der Waals surface area contributed by atoms with Gasteiger partial charge in [-0.15, -0.1) is 0 Å². The Balaban J connectivity index is 2.19. The van der Waals surface area contributed by atoms with Crippen molar-refractivity contribution >= 4 is 0 Å². The molecular weight excluding hydrogens is 234 g/mol. The Morgan fingerprint density at radius 2 is 1.84 bits per heavy atom. The average Bonchev–Trinajstić information content (AvgIpc) is 2.42. The van der Waals surface area contributed by atoms with Crippen LogP contribution in [0.3, 0.4) is 0 Å². The number of likely N-dealkylation sites (tertiary alicyclic amines) is 1. The highest BCUT2D eigenvalue weighted by Crippen LogP contribution is 2.18. The molecular formula is C16H35N3. The van der Waals surface area contributed by atoms with Gasteiger partial charge in [-0.2, -0.15) is 0 Å². The van der Waals surface area contributed by atoms with Gasteiger partial charge >= 0.3 is 0 Å². The first kappa shape index (κ1) is 16.9. The molecule has 1 aliphatic rings. The normalized spacial score (nSPS) is 20.4. The average molecular weight is 269 g/mol. The van der Waals surface area contributed by atoms with E-state index >= 15 is 0 Å². The van der Waals surface area contributed by atoms with E-state index in [1.165, 1.54) is 38.9 Å². The first-order chi connectivity index (χ1) is 9.04. The van der Waals surface area contributed by atoms with E-state index < -0.39 is 0 Å². The standard InChI is InChI=1S/C16H35N3/c1-6-19-11-8-16(9-12-19)18(5)15(4)7-10-17-13-14(2)3/h14-17H,6-13H2,1-5H3. The van der Waals surface area contributed by atoms with Crippen molar-refractivity contribution in [1.82, 2.24) is 15.1 Å². The van der Waals surface area contributed by atoms with E-state index in [0.717, 1.165) is 25.0 Å². The summed E-state index contributed by atoms with van der Waals surface area (Å²) in [5, 5.41) is 3.55. The molecule has 0 radical (unpaired) electrons. The third-order valence-electron chi connectivity index (χ3n) is 4.57. The monoisotopic (exact) mass is 269 g/mol. The summed E-state index contributed by atoms with van der Waals surface area (Å²) in [5.41, 5.74) is 0.